The molecule has 178 valence electrons. The summed E-state index contributed by atoms with van der Waals surface area (Å²) < 4.78 is 17.3. The van der Waals surface area contributed by atoms with E-state index < -0.39 is 6.04 Å². The first-order valence-electron chi connectivity index (χ1n) is 11.7. The average molecular weight is 470 g/mol. The molecule has 1 unspecified atom stereocenters. The van der Waals surface area contributed by atoms with Crippen LogP contribution in [0.25, 0.3) is 11.0 Å². The van der Waals surface area contributed by atoms with Gasteiger partial charge in [-0.2, -0.15) is 0 Å². The van der Waals surface area contributed by atoms with E-state index >= 15 is 0 Å². The summed E-state index contributed by atoms with van der Waals surface area (Å²) in [7, 11) is 1.63. The molecule has 5 rings (SSSR count). The van der Waals surface area contributed by atoms with Crippen LogP contribution in [0.4, 0.5) is 0 Å². The van der Waals surface area contributed by atoms with Crippen LogP contribution in [0.3, 0.4) is 0 Å². The maximum absolute atomic E-state index is 13.7. The Hall–Kier alpha value is -3.90. The third-order valence-corrected chi connectivity index (χ3v) is 6.29. The van der Waals surface area contributed by atoms with Gasteiger partial charge >= 0.3 is 0 Å². The third kappa shape index (κ3) is 4.45. The predicted octanol–water partition coefficient (Wildman–Crippen LogP) is 5.26. The molecule has 0 saturated heterocycles. The van der Waals surface area contributed by atoms with Gasteiger partial charge in [0.1, 0.15) is 17.9 Å². The Kier molecular flexibility index (Phi) is 6.38. The summed E-state index contributed by atoms with van der Waals surface area (Å²) in [5, 5.41) is 0.483. The summed E-state index contributed by atoms with van der Waals surface area (Å²) in [5.41, 5.74) is 3.45. The summed E-state index contributed by atoms with van der Waals surface area (Å²) in [6, 6.07) is 22.4. The van der Waals surface area contributed by atoms with Gasteiger partial charge in [0.15, 0.2) is 5.43 Å². The Balaban J connectivity index is 1.57. The number of carbonyl (C=O) groups excluding carboxylic acids is 1. The van der Waals surface area contributed by atoms with E-state index in [1.54, 1.807) is 18.1 Å². The maximum atomic E-state index is 13.7. The number of rotatable bonds is 8. The molecule has 0 spiro atoms. The van der Waals surface area contributed by atoms with Gasteiger partial charge in [-0.1, -0.05) is 54.1 Å². The minimum Gasteiger partial charge on any atom is -0.489 e. The summed E-state index contributed by atoms with van der Waals surface area (Å²) in [5.74, 6) is 0.505. The molecule has 0 N–H and O–H groups in total. The normalized spacial score (nSPS) is 15.0. The van der Waals surface area contributed by atoms with Crippen LogP contribution in [0.5, 0.6) is 5.75 Å². The highest BCUT2D eigenvalue weighted by atomic mass is 16.5. The minimum absolute atomic E-state index is 0.115. The number of hydrogen-bond acceptors (Lipinski definition) is 5. The van der Waals surface area contributed by atoms with Crippen LogP contribution in [0.15, 0.2) is 82.0 Å². The van der Waals surface area contributed by atoms with E-state index in [1.807, 2.05) is 73.7 Å². The number of carbonyl (C=O) groups is 1. The smallest absolute Gasteiger partial charge is 0.290 e. The first-order valence-corrected chi connectivity index (χ1v) is 11.7. The standard InChI is InChI=1S/C29H27NO5/c1-19-12-13-24-23(16-19)27(31)25-26(30(14-7-15-33-2)29(32)28(25)35-24)21-10-6-11-22(17-21)34-18-20-8-4-3-5-9-20/h3-6,8-13,16-17,26H,7,14-15,18H2,1-2H3. The quantitative estimate of drug-likeness (QED) is 0.329. The zero-order valence-corrected chi connectivity index (χ0v) is 19.8. The number of benzene rings is 3. The molecular weight excluding hydrogens is 442 g/mol. The van der Waals surface area contributed by atoms with Crippen molar-refractivity contribution >= 4 is 16.9 Å². The van der Waals surface area contributed by atoms with Crippen molar-refractivity contribution in [1.82, 2.24) is 4.90 Å². The molecule has 0 radical (unpaired) electrons. The van der Waals surface area contributed by atoms with E-state index in [0.29, 0.717) is 48.5 Å². The lowest BCUT2D eigenvalue weighted by Gasteiger charge is -2.25. The largest absolute Gasteiger partial charge is 0.489 e. The SMILES string of the molecule is COCCCN1C(=O)c2oc3ccc(C)cc3c(=O)c2C1c1cccc(OCc2ccccc2)c1. The van der Waals surface area contributed by atoms with Gasteiger partial charge in [0.05, 0.1) is 17.0 Å². The molecule has 2 heterocycles. The zero-order chi connectivity index (χ0) is 24.4. The second-order valence-electron chi connectivity index (χ2n) is 8.77. The molecule has 35 heavy (non-hydrogen) atoms. The van der Waals surface area contributed by atoms with Crippen LogP contribution < -0.4 is 10.2 Å². The predicted molar refractivity (Wildman–Crippen MR) is 134 cm³/mol. The van der Waals surface area contributed by atoms with Gasteiger partial charge in [-0.25, -0.2) is 0 Å². The van der Waals surface area contributed by atoms with Crippen molar-refractivity contribution in [3.8, 4) is 5.75 Å². The average Bonchev–Trinajstić information content (AvgIpc) is 3.16. The third-order valence-electron chi connectivity index (χ3n) is 6.29. The van der Waals surface area contributed by atoms with Crippen molar-refractivity contribution in [3.05, 3.63) is 111 Å². The second-order valence-corrected chi connectivity index (χ2v) is 8.77. The van der Waals surface area contributed by atoms with Crippen molar-refractivity contribution in [2.45, 2.75) is 26.0 Å². The Bertz CT molecular complexity index is 1430. The van der Waals surface area contributed by atoms with Gasteiger partial charge < -0.3 is 18.8 Å². The Labute approximate surface area is 203 Å². The van der Waals surface area contributed by atoms with E-state index in [4.69, 9.17) is 13.9 Å². The van der Waals surface area contributed by atoms with Gasteiger partial charge in [0.2, 0.25) is 5.76 Å². The van der Waals surface area contributed by atoms with E-state index in [9.17, 15) is 9.59 Å². The lowest BCUT2D eigenvalue weighted by Crippen LogP contribution is -2.31. The molecule has 6 nitrogen and oxygen atoms in total. The molecule has 1 amide bonds. The minimum atomic E-state index is -0.559. The number of nitrogens with zero attached hydrogens (tertiary/aromatic N) is 1. The summed E-state index contributed by atoms with van der Waals surface area (Å²) >= 11 is 0. The molecule has 1 aliphatic rings. The van der Waals surface area contributed by atoms with E-state index in [-0.39, 0.29) is 17.1 Å². The van der Waals surface area contributed by atoms with Crippen LogP contribution in [-0.2, 0) is 11.3 Å². The fourth-order valence-corrected chi connectivity index (χ4v) is 4.61. The van der Waals surface area contributed by atoms with Crippen LogP contribution in [0.1, 0.15) is 45.3 Å². The summed E-state index contributed by atoms with van der Waals surface area (Å²) in [6.45, 7) is 3.30. The molecule has 1 aliphatic heterocycles. The number of amides is 1. The molecule has 4 aromatic rings. The topological polar surface area (TPSA) is 69.0 Å². The monoisotopic (exact) mass is 469 g/mol. The second kappa shape index (κ2) is 9.76. The fourth-order valence-electron chi connectivity index (χ4n) is 4.61. The molecule has 0 bridgehead atoms. The molecule has 0 saturated carbocycles. The molecule has 1 aromatic heterocycles. The van der Waals surface area contributed by atoms with Crippen molar-refractivity contribution in [2.75, 3.05) is 20.3 Å². The summed E-state index contributed by atoms with van der Waals surface area (Å²) in [6.07, 6.45) is 0.643. The Morgan fingerprint density at radius 2 is 1.80 bits per heavy atom. The van der Waals surface area contributed by atoms with E-state index in [0.717, 1.165) is 16.7 Å². The molecule has 6 heteroatoms. The zero-order valence-electron chi connectivity index (χ0n) is 19.8. The van der Waals surface area contributed by atoms with Gasteiger partial charge in [0.25, 0.3) is 5.91 Å². The van der Waals surface area contributed by atoms with Gasteiger partial charge in [-0.3, -0.25) is 9.59 Å². The molecule has 1 atom stereocenters. The van der Waals surface area contributed by atoms with Crippen LogP contribution in [0, 0.1) is 6.92 Å². The lowest BCUT2D eigenvalue weighted by atomic mass is 9.98. The van der Waals surface area contributed by atoms with E-state index in [1.165, 1.54) is 0 Å². The highest BCUT2D eigenvalue weighted by Crippen LogP contribution is 2.39. The lowest BCUT2D eigenvalue weighted by molar-refractivity contribution is 0.0707. The number of hydrogen-bond donors (Lipinski definition) is 0. The number of fused-ring (bicyclic) bond motifs is 2. The molecule has 3 aromatic carbocycles. The maximum Gasteiger partial charge on any atom is 0.290 e. The number of methoxy groups -OCH3 is 1. The van der Waals surface area contributed by atoms with Crippen molar-refractivity contribution in [3.63, 3.8) is 0 Å². The number of aryl methyl sites for hydroxylation is 1. The Morgan fingerprint density at radius 1 is 0.971 bits per heavy atom. The van der Waals surface area contributed by atoms with Crippen molar-refractivity contribution in [1.29, 1.82) is 0 Å². The first-order chi connectivity index (χ1) is 17.1. The van der Waals surface area contributed by atoms with Crippen molar-refractivity contribution in [2.24, 2.45) is 0 Å². The van der Waals surface area contributed by atoms with E-state index in [2.05, 4.69) is 0 Å². The van der Waals surface area contributed by atoms with Gasteiger partial charge in [0, 0.05) is 20.3 Å². The van der Waals surface area contributed by atoms with Gasteiger partial charge in [-0.05, 0) is 48.7 Å². The van der Waals surface area contributed by atoms with Crippen LogP contribution >= 0.6 is 0 Å². The molecule has 0 fully saturated rings. The van der Waals surface area contributed by atoms with Gasteiger partial charge in [-0.15, -0.1) is 0 Å². The summed E-state index contributed by atoms with van der Waals surface area (Å²) in [4.78, 5) is 28.8. The highest BCUT2D eigenvalue weighted by molar-refractivity contribution is 5.99. The Morgan fingerprint density at radius 3 is 2.60 bits per heavy atom. The molecule has 0 aliphatic carbocycles. The van der Waals surface area contributed by atoms with Crippen LogP contribution in [0.2, 0.25) is 0 Å². The van der Waals surface area contributed by atoms with Crippen molar-refractivity contribution < 1.29 is 18.7 Å². The first kappa shape index (κ1) is 22.9. The number of ether oxygens (including phenoxy) is 2. The molecular formula is C29H27NO5. The van der Waals surface area contributed by atoms with Crippen LogP contribution in [-0.4, -0.2) is 31.1 Å². The fraction of sp³-hybridized carbons (Fsp3) is 0.241. The highest BCUT2D eigenvalue weighted by Gasteiger charge is 2.42.